The predicted molar refractivity (Wildman–Crippen MR) is 68.1 cm³/mol. The summed E-state index contributed by atoms with van der Waals surface area (Å²) < 4.78 is 18.5. The summed E-state index contributed by atoms with van der Waals surface area (Å²) in [5, 5.41) is 10.1. The van der Waals surface area contributed by atoms with Gasteiger partial charge in [-0.2, -0.15) is 0 Å². The van der Waals surface area contributed by atoms with E-state index in [-0.39, 0.29) is 5.82 Å². The molecule has 0 aliphatic carbocycles. The first-order valence-corrected chi connectivity index (χ1v) is 6.27. The van der Waals surface area contributed by atoms with Gasteiger partial charge >= 0.3 is 0 Å². The van der Waals surface area contributed by atoms with Crippen LogP contribution in [0.4, 0.5) is 4.39 Å². The fraction of sp³-hybridized carbons (Fsp3) is 0.571. The largest absolute Gasteiger partial charge is 0.496 e. The van der Waals surface area contributed by atoms with Gasteiger partial charge in [-0.05, 0) is 44.5 Å². The Morgan fingerprint density at radius 3 is 2.94 bits per heavy atom. The van der Waals surface area contributed by atoms with Crippen molar-refractivity contribution < 1.29 is 14.2 Å². The van der Waals surface area contributed by atoms with E-state index in [0.717, 1.165) is 24.9 Å². The number of hydrogen-bond acceptors (Lipinski definition) is 3. The zero-order valence-corrected chi connectivity index (χ0v) is 10.9. The summed E-state index contributed by atoms with van der Waals surface area (Å²) >= 11 is 0. The third kappa shape index (κ3) is 3.21. The zero-order valence-electron chi connectivity index (χ0n) is 10.9. The molecule has 1 aliphatic rings. The quantitative estimate of drug-likeness (QED) is 0.896. The minimum atomic E-state index is -0.640. The van der Waals surface area contributed by atoms with Crippen molar-refractivity contribution >= 4 is 0 Å². The normalized spacial score (nSPS) is 25.1. The maximum Gasteiger partial charge on any atom is 0.123 e. The third-order valence-electron chi connectivity index (χ3n) is 3.39. The molecule has 1 heterocycles. The summed E-state index contributed by atoms with van der Waals surface area (Å²) in [6.45, 7) is 4.00. The Labute approximate surface area is 107 Å². The van der Waals surface area contributed by atoms with Crippen LogP contribution in [0.5, 0.6) is 5.75 Å². The number of hydrogen-bond donors (Lipinski definition) is 1. The molecule has 100 valence electrons. The van der Waals surface area contributed by atoms with E-state index in [9.17, 15) is 9.50 Å². The van der Waals surface area contributed by atoms with Crippen LogP contribution >= 0.6 is 0 Å². The van der Waals surface area contributed by atoms with Crippen molar-refractivity contribution in [1.29, 1.82) is 0 Å². The van der Waals surface area contributed by atoms with Crippen LogP contribution in [0, 0.1) is 5.82 Å². The first kappa shape index (κ1) is 13.3. The fourth-order valence-electron chi connectivity index (χ4n) is 2.57. The van der Waals surface area contributed by atoms with Crippen LogP contribution < -0.4 is 4.74 Å². The number of nitrogens with zero attached hydrogens (tertiary/aromatic N) is 1. The zero-order chi connectivity index (χ0) is 13.2. The van der Waals surface area contributed by atoms with Gasteiger partial charge in [-0.25, -0.2) is 4.39 Å². The Bertz CT molecular complexity index is 420. The lowest BCUT2D eigenvalue weighted by atomic mass is 9.95. The van der Waals surface area contributed by atoms with Crippen LogP contribution in [0.2, 0.25) is 0 Å². The van der Waals surface area contributed by atoms with Crippen LogP contribution in [-0.4, -0.2) is 35.8 Å². The number of methoxy groups -OCH3 is 1. The van der Waals surface area contributed by atoms with Crippen LogP contribution in [0.3, 0.4) is 0 Å². The minimum Gasteiger partial charge on any atom is -0.496 e. The van der Waals surface area contributed by atoms with E-state index < -0.39 is 5.60 Å². The number of likely N-dealkylation sites (tertiary alicyclic amines) is 1. The highest BCUT2D eigenvalue weighted by Crippen LogP contribution is 2.25. The molecule has 0 amide bonds. The van der Waals surface area contributed by atoms with Crippen molar-refractivity contribution in [3.05, 3.63) is 29.6 Å². The van der Waals surface area contributed by atoms with E-state index in [0.29, 0.717) is 18.8 Å². The number of β-amino-alcohol motifs (C(OH)–C–C–N with tert-alkyl or cyclic N) is 1. The van der Waals surface area contributed by atoms with E-state index in [4.69, 9.17) is 4.74 Å². The van der Waals surface area contributed by atoms with E-state index in [1.807, 2.05) is 6.92 Å². The van der Waals surface area contributed by atoms with Gasteiger partial charge < -0.3 is 9.84 Å². The van der Waals surface area contributed by atoms with Gasteiger partial charge in [-0.3, -0.25) is 4.90 Å². The molecule has 1 aromatic carbocycles. The monoisotopic (exact) mass is 253 g/mol. The van der Waals surface area contributed by atoms with Crippen molar-refractivity contribution in [3.8, 4) is 5.75 Å². The molecule has 2 rings (SSSR count). The van der Waals surface area contributed by atoms with Gasteiger partial charge in [0.1, 0.15) is 11.6 Å². The van der Waals surface area contributed by atoms with Gasteiger partial charge in [0.05, 0.1) is 12.7 Å². The summed E-state index contributed by atoms with van der Waals surface area (Å²) in [6, 6.07) is 4.55. The lowest BCUT2D eigenvalue weighted by molar-refractivity contribution is -0.0183. The Morgan fingerprint density at radius 2 is 2.28 bits per heavy atom. The molecular weight excluding hydrogens is 233 g/mol. The highest BCUT2D eigenvalue weighted by molar-refractivity contribution is 5.33. The highest BCUT2D eigenvalue weighted by atomic mass is 19.1. The summed E-state index contributed by atoms with van der Waals surface area (Å²) in [6.07, 6.45) is 1.79. The van der Waals surface area contributed by atoms with Crippen LogP contribution in [0.1, 0.15) is 25.3 Å². The molecule has 1 unspecified atom stereocenters. The van der Waals surface area contributed by atoms with Gasteiger partial charge in [-0.1, -0.05) is 0 Å². The van der Waals surface area contributed by atoms with Gasteiger partial charge in [0.2, 0.25) is 0 Å². The van der Waals surface area contributed by atoms with Crippen molar-refractivity contribution in [1.82, 2.24) is 4.90 Å². The Balaban J connectivity index is 2.11. The highest BCUT2D eigenvalue weighted by Gasteiger charge is 2.28. The van der Waals surface area contributed by atoms with Gasteiger partial charge in [0.15, 0.2) is 0 Å². The molecule has 3 nitrogen and oxygen atoms in total. The third-order valence-corrected chi connectivity index (χ3v) is 3.39. The molecular formula is C14H20FNO2. The van der Waals surface area contributed by atoms with Crippen molar-refractivity contribution in [2.45, 2.75) is 31.9 Å². The SMILES string of the molecule is COc1ccc(F)cc1CN1CCCC(C)(O)C1. The topological polar surface area (TPSA) is 32.7 Å². The smallest absolute Gasteiger partial charge is 0.123 e. The Morgan fingerprint density at radius 1 is 1.50 bits per heavy atom. The number of rotatable bonds is 3. The maximum absolute atomic E-state index is 13.3. The van der Waals surface area contributed by atoms with Crippen molar-refractivity contribution in [2.24, 2.45) is 0 Å². The molecule has 0 radical (unpaired) electrons. The predicted octanol–water partition coefficient (Wildman–Crippen LogP) is 2.18. The molecule has 0 spiro atoms. The molecule has 1 fully saturated rings. The van der Waals surface area contributed by atoms with E-state index in [2.05, 4.69) is 4.90 Å². The van der Waals surface area contributed by atoms with E-state index in [1.165, 1.54) is 12.1 Å². The first-order chi connectivity index (χ1) is 8.50. The van der Waals surface area contributed by atoms with Crippen LogP contribution in [-0.2, 0) is 6.54 Å². The molecule has 0 bridgehead atoms. The number of piperidine rings is 1. The summed E-state index contributed by atoms with van der Waals surface area (Å²) in [5.74, 6) is 0.441. The molecule has 0 aromatic heterocycles. The number of ether oxygens (including phenoxy) is 1. The van der Waals surface area contributed by atoms with Crippen molar-refractivity contribution in [3.63, 3.8) is 0 Å². The van der Waals surface area contributed by atoms with Gasteiger partial charge in [0.25, 0.3) is 0 Å². The standard InChI is InChI=1S/C14H20FNO2/c1-14(17)6-3-7-16(10-14)9-11-8-12(15)4-5-13(11)18-2/h4-5,8,17H,3,6-7,9-10H2,1-2H3. The average molecular weight is 253 g/mol. The number of aliphatic hydroxyl groups is 1. The Kier molecular flexibility index (Phi) is 3.88. The van der Waals surface area contributed by atoms with Crippen LogP contribution in [0.25, 0.3) is 0 Å². The molecule has 18 heavy (non-hydrogen) atoms. The lowest BCUT2D eigenvalue weighted by Gasteiger charge is -2.37. The van der Waals surface area contributed by atoms with Crippen molar-refractivity contribution in [2.75, 3.05) is 20.2 Å². The summed E-state index contributed by atoms with van der Waals surface area (Å²) in [7, 11) is 1.59. The van der Waals surface area contributed by atoms with E-state index in [1.54, 1.807) is 13.2 Å². The molecule has 1 saturated heterocycles. The fourth-order valence-corrected chi connectivity index (χ4v) is 2.57. The first-order valence-electron chi connectivity index (χ1n) is 6.27. The van der Waals surface area contributed by atoms with Gasteiger partial charge in [0, 0.05) is 18.7 Å². The van der Waals surface area contributed by atoms with E-state index >= 15 is 0 Å². The number of benzene rings is 1. The average Bonchev–Trinajstić information content (AvgIpc) is 2.28. The molecule has 0 saturated carbocycles. The number of halogens is 1. The lowest BCUT2D eigenvalue weighted by Crippen LogP contribution is -2.45. The van der Waals surface area contributed by atoms with Crippen LogP contribution in [0.15, 0.2) is 18.2 Å². The summed E-state index contributed by atoms with van der Waals surface area (Å²) in [5.41, 5.74) is 0.189. The maximum atomic E-state index is 13.3. The molecule has 1 aliphatic heterocycles. The molecule has 1 atom stereocenters. The second-order valence-corrected chi connectivity index (χ2v) is 5.27. The minimum absolute atomic E-state index is 0.255. The molecule has 4 heteroatoms. The summed E-state index contributed by atoms with van der Waals surface area (Å²) in [4.78, 5) is 2.14. The van der Waals surface area contributed by atoms with Gasteiger partial charge in [-0.15, -0.1) is 0 Å². The molecule has 1 N–H and O–H groups in total. The Hall–Kier alpha value is -1.13. The molecule has 1 aromatic rings. The second-order valence-electron chi connectivity index (χ2n) is 5.27. The second kappa shape index (κ2) is 5.24.